The number of hydrogen-bond acceptors (Lipinski definition) is 4. The fourth-order valence-electron chi connectivity index (χ4n) is 2.97. The molecule has 0 aliphatic rings. The molecule has 0 spiro atoms. The van der Waals surface area contributed by atoms with Crippen molar-refractivity contribution in [3.8, 4) is 0 Å². The SMILES string of the molecule is C=CCOC(=O)Nc1ccc2c(ccn2C(=O)c2cc(NC(=O)C(C)(C)C)cn2C)c1. The van der Waals surface area contributed by atoms with Gasteiger partial charge in [0.15, 0.2) is 0 Å². The van der Waals surface area contributed by atoms with Gasteiger partial charge in [0.2, 0.25) is 5.91 Å². The number of amides is 2. The fraction of sp³-hybridized carbons (Fsp3) is 0.261. The van der Waals surface area contributed by atoms with Crippen molar-refractivity contribution in [2.75, 3.05) is 17.2 Å². The zero-order valence-electron chi connectivity index (χ0n) is 18.1. The molecule has 0 atom stereocenters. The third kappa shape index (κ3) is 4.85. The molecule has 1 aromatic carbocycles. The highest BCUT2D eigenvalue weighted by Crippen LogP contribution is 2.24. The quantitative estimate of drug-likeness (QED) is 0.597. The van der Waals surface area contributed by atoms with Gasteiger partial charge in [-0.2, -0.15) is 0 Å². The molecular formula is C23H26N4O4. The molecule has 2 heterocycles. The molecule has 8 heteroatoms. The molecule has 2 aromatic heterocycles. The van der Waals surface area contributed by atoms with Crippen LogP contribution in [0.15, 0.2) is 55.4 Å². The lowest BCUT2D eigenvalue weighted by molar-refractivity contribution is -0.123. The first-order chi connectivity index (χ1) is 14.6. The van der Waals surface area contributed by atoms with Crippen molar-refractivity contribution in [1.82, 2.24) is 9.13 Å². The van der Waals surface area contributed by atoms with Gasteiger partial charge in [-0.3, -0.25) is 19.5 Å². The number of carbonyl (C=O) groups excluding carboxylic acids is 3. The van der Waals surface area contributed by atoms with E-state index in [2.05, 4.69) is 17.2 Å². The standard InChI is InChI=1S/C23H26N4O4/c1-6-11-31-22(30)25-16-7-8-18-15(12-16)9-10-27(18)20(28)19-13-17(14-26(19)5)24-21(29)23(2,3)4/h6-10,12-14H,1,11H2,2-5H3,(H,24,29)(H,25,30). The molecular weight excluding hydrogens is 396 g/mol. The van der Waals surface area contributed by atoms with Gasteiger partial charge in [0.05, 0.1) is 11.2 Å². The van der Waals surface area contributed by atoms with Gasteiger partial charge < -0.3 is 14.6 Å². The molecule has 8 nitrogen and oxygen atoms in total. The highest BCUT2D eigenvalue weighted by Gasteiger charge is 2.23. The second-order valence-electron chi connectivity index (χ2n) is 8.21. The van der Waals surface area contributed by atoms with Crippen LogP contribution >= 0.6 is 0 Å². The van der Waals surface area contributed by atoms with E-state index in [0.717, 1.165) is 5.39 Å². The molecule has 31 heavy (non-hydrogen) atoms. The maximum absolute atomic E-state index is 13.1. The van der Waals surface area contributed by atoms with Crippen LogP contribution in [0.4, 0.5) is 16.2 Å². The summed E-state index contributed by atoms with van der Waals surface area (Å²) < 4.78 is 8.12. The molecule has 0 fully saturated rings. The van der Waals surface area contributed by atoms with E-state index in [9.17, 15) is 14.4 Å². The number of anilines is 2. The second-order valence-corrected chi connectivity index (χ2v) is 8.21. The Morgan fingerprint density at radius 2 is 1.84 bits per heavy atom. The lowest BCUT2D eigenvalue weighted by Gasteiger charge is -2.16. The Bertz CT molecular complexity index is 1160. The van der Waals surface area contributed by atoms with E-state index in [1.165, 1.54) is 10.6 Å². The summed E-state index contributed by atoms with van der Waals surface area (Å²) in [7, 11) is 1.75. The Morgan fingerprint density at radius 3 is 2.52 bits per heavy atom. The third-order valence-electron chi connectivity index (χ3n) is 4.65. The van der Waals surface area contributed by atoms with Crippen LogP contribution in [0.1, 0.15) is 31.3 Å². The molecule has 3 rings (SSSR count). The molecule has 0 unspecified atom stereocenters. The maximum Gasteiger partial charge on any atom is 0.411 e. The van der Waals surface area contributed by atoms with E-state index < -0.39 is 11.5 Å². The number of ether oxygens (including phenoxy) is 1. The average Bonchev–Trinajstić information content (AvgIpc) is 3.28. The molecule has 0 saturated heterocycles. The Morgan fingerprint density at radius 1 is 1.10 bits per heavy atom. The summed E-state index contributed by atoms with van der Waals surface area (Å²) in [5, 5.41) is 6.26. The van der Waals surface area contributed by atoms with Gasteiger partial charge in [-0.1, -0.05) is 33.4 Å². The molecule has 2 N–H and O–H groups in total. The Labute approximate surface area is 180 Å². The van der Waals surface area contributed by atoms with E-state index in [-0.39, 0.29) is 18.4 Å². The predicted octanol–water partition coefficient (Wildman–Crippen LogP) is 4.39. The Hall–Kier alpha value is -3.81. The molecule has 0 aliphatic heterocycles. The molecule has 0 radical (unpaired) electrons. The van der Waals surface area contributed by atoms with Crippen LogP contribution in [0.25, 0.3) is 10.9 Å². The van der Waals surface area contributed by atoms with Crippen molar-refractivity contribution in [2.45, 2.75) is 20.8 Å². The number of rotatable bonds is 5. The summed E-state index contributed by atoms with van der Waals surface area (Å²) in [5.41, 5.74) is 1.69. The van der Waals surface area contributed by atoms with Gasteiger partial charge in [-0.25, -0.2) is 4.79 Å². The number of carbonyl (C=O) groups is 3. The van der Waals surface area contributed by atoms with Gasteiger partial charge >= 0.3 is 6.09 Å². The van der Waals surface area contributed by atoms with Crippen LogP contribution in [0.5, 0.6) is 0 Å². The van der Waals surface area contributed by atoms with E-state index in [1.54, 1.807) is 54.3 Å². The minimum absolute atomic E-state index is 0.119. The van der Waals surface area contributed by atoms with Crippen LogP contribution in [0, 0.1) is 5.41 Å². The molecule has 3 aromatic rings. The topological polar surface area (TPSA) is 94.4 Å². The normalized spacial score (nSPS) is 11.2. The van der Waals surface area contributed by atoms with Crippen molar-refractivity contribution < 1.29 is 19.1 Å². The average molecular weight is 422 g/mol. The highest BCUT2D eigenvalue weighted by atomic mass is 16.5. The summed E-state index contributed by atoms with van der Waals surface area (Å²) >= 11 is 0. The number of nitrogens with one attached hydrogen (secondary N) is 2. The lowest BCUT2D eigenvalue weighted by Crippen LogP contribution is -2.27. The minimum Gasteiger partial charge on any atom is -0.445 e. The number of nitrogens with zero attached hydrogens (tertiary/aromatic N) is 2. The van der Waals surface area contributed by atoms with Gasteiger partial charge in [0.25, 0.3) is 5.91 Å². The van der Waals surface area contributed by atoms with Crippen LogP contribution in [0.3, 0.4) is 0 Å². The van der Waals surface area contributed by atoms with Crippen LogP contribution in [-0.4, -0.2) is 33.6 Å². The van der Waals surface area contributed by atoms with Crippen molar-refractivity contribution in [3.63, 3.8) is 0 Å². The first-order valence-corrected chi connectivity index (χ1v) is 9.78. The van der Waals surface area contributed by atoms with Crippen molar-refractivity contribution in [3.05, 3.63) is 61.1 Å². The van der Waals surface area contributed by atoms with E-state index in [4.69, 9.17) is 4.74 Å². The highest BCUT2D eigenvalue weighted by molar-refractivity contribution is 6.03. The number of aryl methyl sites for hydroxylation is 1. The van der Waals surface area contributed by atoms with Crippen LogP contribution < -0.4 is 10.6 Å². The summed E-state index contributed by atoms with van der Waals surface area (Å²) in [6, 6.07) is 8.65. The summed E-state index contributed by atoms with van der Waals surface area (Å²) in [4.78, 5) is 37.1. The molecule has 0 saturated carbocycles. The van der Waals surface area contributed by atoms with Crippen molar-refractivity contribution in [2.24, 2.45) is 12.5 Å². The van der Waals surface area contributed by atoms with Crippen molar-refractivity contribution >= 4 is 40.2 Å². The smallest absolute Gasteiger partial charge is 0.411 e. The number of hydrogen-bond donors (Lipinski definition) is 2. The third-order valence-corrected chi connectivity index (χ3v) is 4.65. The van der Waals surface area contributed by atoms with Gasteiger partial charge in [0.1, 0.15) is 12.3 Å². The minimum atomic E-state index is -0.580. The Kier molecular flexibility index (Phi) is 6.01. The first kappa shape index (κ1) is 21.9. The van der Waals surface area contributed by atoms with Crippen LogP contribution in [0.2, 0.25) is 0 Å². The maximum atomic E-state index is 13.1. The Balaban J connectivity index is 1.82. The van der Waals surface area contributed by atoms with E-state index in [0.29, 0.717) is 22.6 Å². The molecule has 2 amide bonds. The van der Waals surface area contributed by atoms with E-state index in [1.807, 2.05) is 20.8 Å². The lowest BCUT2D eigenvalue weighted by atomic mass is 9.96. The summed E-state index contributed by atoms with van der Waals surface area (Å²) in [6.45, 7) is 9.09. The fourth-order valence-corrected chi connectivity index (χ4v) is 2.97. The molecule has 0 aliphatic carbocycles. The van der Waals surface area contributed by atoms with E-state index >= 15 is 0 Å². The molecule has 0 bridgehead atoms. The summed E-state index contributed by atoms with van der Waals surface area (Å²) in [6.07, 6.45) is 4.29. The largest absolute Gasteiger partial charge is 0.445 e. The monoisotopic (exact) mass is 422 g/mol. The summed E-state index contributed by atoms with van der Waals surface area (Å²) in [5.74, 6) is -0.366. The van der Waals surface area contributed by atoms with Crippen molar-refractivity contribution in [1.29, 1.82) is 0 Å². The van der Waals surface area contributed by atoms with Gasteiger partial charge in [-0.15, -0.1) is 0 Å². The number of fused-ring (bicyclic) bond motifs is 1. The number of benzene rings is 1. The second kappa shape index (κ2) is 8.51. The first-order valence-electron chi connectivity index (χ1n) is 9.78. The predicted molar refractivity (Wildman–Crippen MR) is 120 cm³/mol. The zero-order valence-corrected chi connectivity index (χ0v) is 18.1. The number of aromatic nitrogens is 2. The zero-order chi connectivity index (χ0) is 22.8. The molecule has 162 valence electrons. The van der Waals surface area contributed by atoms with Gasteiger partial charge in [-0.05, 0) is 30.3 Å². The van der Waals surface area contributed by atoms with Crippen LogP contribution in [-0.2, 0) is 16.6 Å². The van der Waals surface area contributed by atoms with Gasteiger partial charge in [0, 0.05) is 35.9 Å².